The lowest BCUT2D eigenvalue weighted by Crippen LogP contribution is -2.48. The van der Waals surface area contributed by atoms with Crippen molar-refractivity contribution >= 4 is 17.8 Å². The van der Waals surface area contributed by atoms with Gasteiger partial charge in [0.1, 0.15) is 12.4 Å². The number of rotatable bonds is 7. The summed E-state index contributed by atoms with van der Waals surface area (Å²) in [6.45, 7) is 10.9. The SMILES string of the molecule is CCCN(CC(=O)Nc1cc(C(C)(C)C)nn1-c1ccc(C)cc1)C(=O)NC1CCCCC1. The second-order valence-electron chi connectivity index (χ2n) is 10.2. The molecule has 1 aromatic heterocycles. The summed E-state index contributed by atoms with van der Waals surface area (Å²) in [6, 6.07) is 10.0. The maximum absolute atomic E-state index is 13.0. The van der Waals surface area contributed by atoms with E-state index in [2.05, 4.69) is 31.4 Å². The maximum Gasteiger partial charge on any atom is 0.318 e. The van der Waals surface area contributed by atoms with Gasteiger partial charge in [-0.25, -0.2) is 9.48 Å². The van der Waals surface area contributed by atoms with Gasteiger partial charge in [-0.05, 0) is 38.3 Å². The molecule has 0 spiro atoms. The summed E-state index contributed by atoms with van der Waals surface area (Å²) in [6.07, 6.45) is 6.36. The molecule has 7 nitrogen and oxygen atoms in total. The fraction of sp³-hybridized carbons (Fsp3) is 0.577. The normalized spacial score (nSPS) is 14.7. The van der Waals surface area contributed by atoms with Gasteiger partial charge in [-0.2, -0.15) is 5.10 Å². The van der Waals surface area contributed by atoms with Crippen molar-refractivity contribution < 1.29 is 9.59 Å². The first-order valence-corrected chi connectivity index (χ1v) is 12.2. The third-order valence-corrected chi connectivity index (χ3v) is 6.07. The van der Waals surface area contributed by atoms with E-state index in [1.165, 1.54) is 6.42 Å². The van der Waals surface area contributed by atoms with Gasteiger partial charge >= 0.3 is 6.03 Å². The van der Waals surface area contributed by atoms with Gasteiger partial charge < -0.3 is 15.5 Å². The standard InChI is InChI=1S/C26H39N5O2/c1-6-16-30(25(33)27-20-10-8-7-9-11-20)18-24(32)28-23-17-22(26(3,4)5)29-31(23)21-14-12-19(2)13-15-21/h12-15,17,20H,6-11,16,18H2,1-5H3,(H,27,33)(H,28,32). The van der Waals surface area contributed by atoms with E-state index in [-0.39, 0.29) is 29.9 Å². The highest BCUT2D eigenvalue weighted by molar-refractivity contribution is 5.94. The molecular weight excluding hydrogens is 414 g/mol. The number of amides is 3. The summed E-state index contributed by atoms with van der Waals surface area (Å²) in [5.74, 6) is 0.383. The van der Waals surface area contributed by atoms with Crippen molar-refractivity contribution in [3.63, 3.8) is 0 Å². The van der Waals surface area contributed by atoms with Gasteiger partial charge in [0.2, 0.25) is 5.91 Å². The topological polar surface area (TPSA) is 79.3 Å². The number of anilines is 1. The molecule has 3 amide bonds. The molecule has 180 valence electrons. The Kier molecular flexibility index (Phi) is 8.16. The maximum atomic E-state index is 13.0. The van der Waals surface area contributed by atoms with E-state index in [1.54, 1.807) is 9.58 Å². The van der Waals surface area contributed by atoms with Crippen molar-refractivity contribution in [2.45, 2.75) is 84.6 Å². The molecule has 1 heterocycles. The Hall–Kier alpha value is -2.83. The first-order chi connectivity index (χ1) is 15.7. The molecule has 0 radical (unpaired) electrons. The quantitative estimate of drug-likeness (QED) is 0.607. The van der Waals surface area contributed by atoms with Gasteiger partial charge in [0.15, 0.2) is 0 Å². The summed E-state index contributed by atoms with van der Waals surface area (Å²) in [7, 11) is 0. The number of hydrogen-bond acceptors (Lipinski definition) is 3. The second-order valence-corrected chi connectivity index (χ2v) is 10.2. The van der Waals surface area contributed by atoms with Gasteiger partial charge in [-0.1, -0.05) is 64.7 Å². The molecule has 1 aromatic carbocycles. The van der Waals surface area contributed by atoms with Crippen molar-refractivity contribution in [1.82, 2.24) is 20.0 Å². The van der Waals surface area contributed by atoms with Crippen LogP contribution in [0.3, 0.4) is 0 Å². The molecule has 0 unspecified atom stereocenters. The van der Waals surface area contributed by atoms with Gasteiger partial charge in [0.05, 0.1) is 11.4 Å². The van der Waals surface area contributed by atoms with Crippen molar-refractivity contribution in [3.05, 3.63) is 41.6 Å². The van der Waals surface area contributed by atoms with Crippen LogP contribution < -0.4 is 10.6 Å². The van der Waals surface area contributed by atoms with Gasteiger partial charge in [0.25, 0.3) is 0 Å². The summed E-state index contributed by atoms with van der Waals surface area (Å²) >= 11 is 0. The number of nitrogens with zero attached hydrogens (tertiary/aromatic N) is 3. The zero-order chi connectivity index (χ0) is 24.0. The number of carbonyl (C=O) groups excluding carboxylic acids is 2. The molecule has 2 aromatic rings. The highest BCUT2D eigenvalue weighted by Crippen LogP contribution is 2.26. The number of carbonyl (C=O) groups is 2. The molecule has 0 bridgehead atoms. The number of aryl methyl sites for hydroxylation is 1. The Morgan fingerprint density at radius 3 is 2.39 bits per heavy atom. The first-order valence-electron chi connectivity index (χ1n) is 12.2. The average molecular weight is 454 g/mol. The lowest BCUT2D eigenvalue weighted by atomic mass is 9.92. The minimum atomic E-state index is -0.226. The van der Waals surface area contributed by atoms with E-state index >= 15 is 0 Å². The Labute approximate surface area is 197 Å². The smallest absolute Gasteiger partial charge is 0.318 e. The van der Waals surface area contributed by atoms with E-state index in [0.717, 1.165) is 49.0 Å². The van der Waals surface area contributed by atoms with E-state index in [9.17, 15) is 9.59 Å². The van der Waals surface area contributed by atoms with Crippen LogP contribution in [0.5, 0.6) is 0 Å². The van der Waals surface area contributed by atoms with Crippen LogP contribution in [0.25, 0.3) is 5.69 Å². The Morgan fingerprint density at radius 1 is 1.12 bits per heavy atom. The Morgan fingerprint density at radius 2 is 1.79 bits per heavy atom. The van der Waals surface area contributed by atoms with Crippen LogP contribution in [0.4, 0.5) is 10.6 Å². The monoisotopic (exact) mass is 453 g/mol. The summed E-state index contributed by atoms with van der Waals surface area (Å²) in [5.41, 5.74) is 2.77. The molecule has 33 heavy (non-hydrogen) atoms. The van der Waals surface area contributed by atoms with Crippen LogP contribution >= 0.6 is 0 Å². The predicted octanol–water partition coefficient (Wildman–Crippen LogP) is 5.17. The average Bonchev–Trinajstić information content (AvgIpc) is 3.19. The zero-order valence-electron chi connectivity index (χ0n) is 20.8. The van der Waals surface area contributed by atoms with E-state index < -0.39 is 0 Å². The van der Waals surface area contributed by atoms with Gasteiger partial charge in [-0.15, -0.1) is 0 Å². The van der Waals surface area contributed by atoms with Crippen molar-refractivity contribution in [2.24, 2.45) is 0 Å². The fourth-order valence-corrected chi connectivity index (χ4v) is 4.11. The number of benzene rings is 1. The van der Waals surface area contributed by atoms with E-state index in [1.807, 2.05) is 44.2 Å². The van der Waals surface area contributed by atoms with E-state index in [0.29, 0.717) is 12.4 Å². The summed E-state index contributed by atoms with van der Waals surface area (Å²) < 4.78 is 1.77. The number of urea groups is 1. The lowest BCUT2D eigenvalue weighted by molar-refractivity contribution is -0.116. The molecule has 1 saturated carbocycles. The second kappa shape index (κ2) is 10.9. The molecule has 0 saturated heterocycles. The lowest BCUT2D eigenvalue weighted by Gasteiger charge is -2.28. The molecule has 1 aliphatic rings. The van der Waals surface area contributed by atoms with Crippen LogP contribution in [0.15, 0.2) is 30.3 Å². The summed E-state index contributed by atoms with van der Waals surface area (Å²) in [4.78, 5) is 27.5. The van der Waals surface area contributed by atoms with Crippen LogP contribution in [0, 0.1) is 6.92 Å². The number of nitrogens with one attached hydrogen (secondary N) is 2. The minimum Gasteiger partial charge on any atom is -0.335 e. The molecule has 1 fully saturated rings. The molecule has 2 N–H and O–H groups in total. The molecule has 3 rings (SSSR count). The number of hydrogen-bond donors (Lipinski definition) is 2. The third kappa shape index (κ3) is 6.83. The largest absolute Gasteiger partial charge is 0.335 e. The van der Waals surface area contributed by atoms with Crippen LogP contribution in [-0.4, -0.2) is 45.8 Å². The molecule has 0 atom stereocenters. The fourth-order valence-electron chi connectivity index (χ4n) is 4.11. The van der Waals surface area contributed by atoms with Crippen LogP contribution in [0.1, 0.15) is 77.5 Å². The molecular formula is C26H39N5O2. The molecule has 0 aliphatic heterocycles. The van der Waals surface area contributed by atoms with Crippen LogP contribution in [-0.2, 0) is 10.2 Å². The van der Waals surface area contributed by atoms with Crippen molar-refractivity contribution in [3.8, 4) is 5.69 Å². The van der Waals surface area contributed by atoms with Crippen molar-refractivity contribution in [1.29, 1.82) is 0 Å². The Bertz CT molecular complexity index is 937. The Balaban J connectivity index is 1.75. The van der Waals surface area contributed by atoms with Gasteiger partial charge in [0, 0.05) is 24.1 Å². The summed E-state index contributed by atoms with van der Waals surface area (Å²) in [5, 5.41) is 10.9. The minimum absolute atomic E-state index is 0.0102. The third-order valence-electron chi connectivity index (χ3n) is 6.07. The highest BCUT2D eigenvalue weighted by Gasteiger charge is 2.24. The van der Waals surface area contributed by atoms with Gasteiger partial charge in [-0.3, -0.25) is 4.79 Å². The zero-order valence-corrected chi connectivity index (χ0v) is 20.8. The highest BCUT2D eigenvalue weighted by atomic mass is 16.2. The predicted molar refractivity (Wildman–Crippen MR) is 133 cm³/mol. The first kappa shape index (κ1) is 24.8. The van der Waals surface area contributed by atoms with Crippen LogP contribution in [0.2, 0.25) is 0 Å². The number of aromatic nitrogens is 2. The molecule has 1 aliphatic carbocycles. The van der Waals surface area contributed by atoms with E-state index in [4.69, 9.17) is 5.10 Å². The van der Waals surface area contributed by atoms with Crippen molar-refractivity contribution in [2.75, 3.05) is 18.4 Å². The molecule has 7 heteroatoms.